The number of carbonyl (C=O) groups is 1. The van der Waals surface area contributed by atoms with E-state index in [1.165, 1.54) is 51.4 Å². The number of hydrogen-bond acceptors (Lipinski definition) is 7. The van der Waals surface area contributed by atoms with Gasteiger partial charge in [0.25, 0.3) is 0 Å². The van der Waals surface area contributed by atoms with E-state index in [2.05, 4.69) is 11.4 Å². The van der Waals surface area contributed by atoms with Gasteiger partial charge in [0.15, 0.2) is 0 Å². The summed E-state index contributed by atoms with van der Waals surface area (Å²) in [6.45, 7) is 1.80. The summed E-state index contributed by atoms with van der Waals surface area (Å²) in [5.74, 6) is -0.411. The third-order valence-electron chi connectivity index (χ3n) is 3.99. The van der Waals surface area contributed by atoms with E-state index in [1.807, 2.05) is 0 Å². The number of nitrogens with two attached hydrogens (primary N) is 1. The Morgan fingerprint density at radius 2 is 1.38 bits per heavy atom. The lowest BCUT2D eigenvalue weighted by molar-refractivity contribution is -0.147. The molecule has 0 saturated heterocycles. The molecular weight excluding hydrogens is 401 g/mol. The first-order valence-electron chi connectivity index (χ1n) is 10.6. The first kappa shape index (κ1) is 30.7. The van der Waals surface area contributed by atoms with E-state index in [1.54, 1.807) is 0 Å². The zero-order valence-electron chi connectivity index (χ0n) is 17.8. The van der Waals surface area contributed by atoms with Crippen LogP contribution in [0.5, 0.6) is 0 Å². The molecule has 1 unspecified atom stereocenters. The monoisotopic (exact) mass is 443 g/mol. The number of phosphoric acid groups is 1. The molecule has 0 amide bonds. The molecule has 0 aliphatic carbocycles. The largest absolute Gasteiger partial charge is 0.469 e. The number of rotatable bonds is 18. The quantitative estimate of drug-likeness (QED) is 0.122. The normalized spacial score (nSPS) is 12.2. The molecule has 0 aliphatic heterocycles. The second-order valence-electron chi connectivity index (χ2n) is 6.92. The van der Waals surface area contributed by atoms with Crippen LogP contribution in [0.2, 0.25) is 0 Å². The van der Waals surface area contributed by atoms with Crippen molar-refractivity contribution in [1.82, 2.24) is 0 Å². The molecule has 0 aromatic carbocycles. The maximum atomic E-state index is 11.5. The number of hydrogen-bond donors (Lipinski definition) is 5. The first-order valence-corrected chi connectivity index (χ1v) is 12.1. The van der Waals surface area contributed by atoms with E-state index in [-0.39, 0.29) is 13.2 Å². The maximum Gasteiger partial charge on any atom is 0.469 e. The lowest BCUT2D eigenvalue weighted by Crippen LogP contribution is -2.23. The lowest BCUT2D eigenvalue weighted by Gasteiger charge is -2.12. The molecule has 0 aliphatic rings. The Balaban J connectivity index is 0. The highest BCUT2D eigenvalue weighted by Gasteiger charge is 2.17. The molecule has 29 heavy (non-hydrogen) atoms. The summed E-state index contributed by atoms with van der Waals surface area (Å²) in [7, 11) is -4.61. The Bertz CT molecular complexity index is 404. The second kappa shape index (κ2) is 22.2. The molecule has 0 radical (unpaired) electrons. The number of carbonyl (C=O) groups excluding carboxylic acids is 1. The van der Waals surface area contributed by atoms with E-state index < -0.39 is 26.5 Å². The van der Waals surface area contributed by atoms with Gasteiger partial charge in [0.2, 0.25) is 0 Å². The van der Waals surface area contributed by atoms with Gasteiger partial charge in [-0.15, -0.1) is 0 Å². The first-order chi connectivity index (χ1) is 13.8. The van der Waals surface area contributed by atoms with Crippen LogP contribution in [0.1, 0.15) is 84.0 Å². The predicted molar refractivity (Wildman–Crippen MR) is 112 cm³/mol. The third kappa shape index (κ3) is 29.8. The molecule has 0 bridgehead atoms. The third-order valence-corrected chi connectivity index (χ3v) is 4.47. The Kier molecular flexibility index (Phi) is 23.4. The summed E-state index contributed by atoms with van der Waals surface area (Å²) >= 11 is 0. The van der Waals surface area contributed by atoms with E-state index in [4.69, 9.17) is 25.4 Å². The summed E-state index contributed by atoms with van der Waals surface area (Å²) < 4.78 is 19.4. The fraction of sp³-hybridized carbons (Fsp3) is 0.947. The molecule has 0 heterocycles. The van der Waals surface area contributed by atoms with Crippen molar-refractivity contribution in [3.05, 3.63) is 0 Å². The van der Waals surface area contributed by atoms with Crippen molar-refractivity contribution >= 4 is 13.8 Å². The number of unbranched alkanes of at least 4 members (excludes halogenated alkanes) is 10. The molecule has 10 heteroatoms. The van der Waals surface area contributed by atoms with Crippen molar-refractivity contribution in [1.29, 1.82) is 0 Å². The number of ether oxygens (including phenoxy) is 1. The van der Waals surface area contributed by atoms with Crippen molar-refractivity contribution < 1.29 is 38.6 Å². The van der Waals surface area contributed by atoms with Gasteiger partial charge in [0, 0.05) is 13.0 Å². The molecule has 1 atom stereocenters. The van der Waals surface area contributed by atoms with E-state index in [9.17, 15) is 14.5 Å². The molecule has 0 spiro atoms. The zero-order valence-corrected chi connectivity index (χ0v) is 18.7. The summed E-state index contributed by atoms with van der Waals surface area (Å²) in [4.78, 5) is 28.4. The van der Waals surface area contributed by atoms with Gasteiger partial charge >= 0.3 is 13.8 Å². The van der Waals surface area contributed by atoms with Crippen LogP contribution < -0.4 is 5.73 Å². The zero-order chi connectivity index (χ0) is 22.4. The number of esters is 1. The van der Waals surface area contributed by atoms with Gasteiger partial charge in [-0.05, 0) is 6.42 Å². The van der Waals surface area contributed by atoms with Crippen molar-refractivity contribution in [2.45, 2.75) is 90.1 Å². The van der Waals surface area contributed by atoms with Crippen molar-refractivity contribution in [3.8, 4) is 0 Å². The molecule has 0 aromatic rings. The minimum absolute atomic E-state index is 0.0972. The van der Waals surface area contributed by atoms with Crippen LogP contribution in [0.15, 0.2) is 0 Å². The van der Waals surface area contributed by atoms with Crippen LogP contribution in [0.4, 0.5) is 0 Å². The standard InChI is InChI=1S/C17H35O7P.C2H7NO/c1-2-3-4-5-6-7-8-9-10-11-12-13-17(19)23-14-16(18)15-24-25(20,21)22;3-1-2-4/h16,18H,2-15H2,1H3,(H2,20,21,22);4H,1-3H2. The van der Waals surface area contributed by atoms with Crippen LogP contribution in [-0.2, 0) is 18.6 Å². The molecular formula is C19H42NO8P. The fourth-order valence-electron chi connectivity index (χ4n) is 2.43. The van der Waals surface area contributed by atoms with Crippen LogP contribution >= 0.6 is 7.82 Å². The molecule has 0 saturated carbocycles. The number of aliphatic hydroxyl groups excluding tert-OH is 2. The predicted octanol–water partition coefficient (Wildman–Crippen LogP) is 2.64. The van der Waals surface area contributed by atoms with Gasteiger partial charge < -0.3 is 30.5 Å². The van der Waals surface area contributed by atoms with E-state index >= 15 is 0 Å². The highest BCUT2D eigenvalue weighted by Crippen LogP contribution is 2.35. The lowest BCUT2D eigenvalue weighted by atomic mass is 10.1. The minimum atomic E-state index is -4.61. The number of aliphatic hydroxyl groups is 2. The Labute approximate surface area is 175 Å². The Morgan fingerprint density at radius 3 is 1.79 bits per heavy atom. The van der Waals surface area contributed by atoms with Crippen molar-refractivity contribution in [3.63, 3.8) is 0 Å². The average Bonchev–Trinajstić information content (AvgIpc) is 2.68. The molecule has 6 N–H and O–H groups in total. The summed E-state index contributed by atoms with van der Waals surface area (Å²) in [5.41, 5.74) is 4.78. The van der Waals surface area contributed by atoms with E-state index in [0.717, 1.165) is 19.3 Å². The number of phosphoric ester groups is 1. The average molecular weight is 444 g/mol. The van der Waals surface area contributed by atoms with Crippen molar-refractivity contribution in [2.24, 2.45) is 5.73 Å². The fourth-order valence-corrected chi connectivity index (χ4v) is 2.79. The Hall–Kier alpha value is -0.540. The van der Waals surface area contributed by atoms with Gasteiger partial charge in [0.1, 0.15) is 12.7 Å². The summed E-state index contributed by atoms with van der Waals surface area (Å²) in [5, 5.41) is 17.1. The van der Waals surface area contributed by atoms with E-state index in [0.29, 0.717) is 13.0 Å². The van der Waals surface area contributed by atoms with Gasteiger partial charge in [0.05, 0.1) is 13.2 Å². The highest BCUT2D eigenvalue weighted by molar-refractivity contribution is 7.46. The minimum Gasteiger partial charge on any atom is -0.463 e. The maximum absolute atomic E-state index is 11.5. The van der Waals surface area contributed by atoms with Crippen LogP contribution in [0.25, 0.3) is 0 Å². The molecule has 176 valence electrons. The van der Waals surface area contributed by atoms with Gasteiger partial charge in [-0.1, -0.05) is 71.1 Å². The topological polar surface area (TPSA) is 160 Å². The molecule has 0 rings (SSSR count). The summed E-state index contributed by atoms with van der Waals surface area (Å²) in [6.07, 6.45) is 12.3. The highest BCUT2D eigenvalue weighted by atomic mass is 31.2. The van der Waals surface area contributed by atoms with Gasteiger partial charge in [-0.3, -0.25) is 9.32 Å². The van der Waals surface area contributed by atoms with Crippen LogP contribution in [-0.4, -0.2) is 58.4 Å². The van der Waals surface area contributed by atoms with Crippen molar-refractivity contribution in [2.75, 3.05) is 26.4 Å². The molecule has 0 fully saturated rings. The second-order valence-corrected chi connectivity index (χ2v) is 8.16. The van der Waals surface area contributed by atoms with Crippen LogP contribution in [0.3, 0.4) is 0 Å². The Morgan fingerprint density at radius 1 is 0.931 bits per heavy atom. The van der Waals surface area contributed by atoms with Gasteiger partial charge in [-0.2, -0.15) is 0 Å². The smallest absolute Gasteiger partial charge is 0.463 e. The molecule has 0 aromatic heterocycles. The summed E-state index contributed by atoms with van der Waals surface area (Å²) in [6, 6.07) is 0. The SMILES string of the molecule is CCCCCCCCCCCCCC(=O)OCC(O)COP(=O)(O)O.NCCO. The van der Waals surface area contributed by atoms with Gasteiger partial charge in [-0.25, -0.2) is 4.57 Å². The molecule has 9 nitrogen and oxygen atoms in total. The van der Waals surface area contributed by atoms with Crippen LogP contribution in [0, 0.1) is 0 Å².